The van der Waals surface area contributed by atoms with E-state index in [1.165, 1.54) is 0 Å². The molecule has 1 fully saturated rings. The number of hydrogen-bond donors (Lipinski definition) is 1. The average Bonchev–Trinajstić information content (AvgIpc) is 2.55. The van der Waals surface area contributed by atoms with Crippen molar-refractivity contribution in [2.24, 2.45) is 0 Å². The Balaban J connectivity index is 2.19. The van der Waals surface area contributed by atoms with E-state index < -0.39 is 6.10 Å². The number of ether oxygens (including phenoxy) is 1. The van der Waals surface area contributed by atoms with Crippen LogP contribution >= 0.6 is 11.6 Å². The summed E-state index contributed by atoms with van der Waals surface area (Å²) in [4.78, 5) is 26.7. The van der Waals surface area contributed by atoms with E-state index in [2.05, 4.69) is 5.32 Å². The normalized spacial score (nSPS) is 16.0. The molecular weight excluding hydrogens is 316 g/mol. The van der Waals surface area contributed by atoms with Crippen molar-refractivity contribution in [1.82, 2.24) is 4.90 Å². The van der Waals surface area contributed by atoms with Crippen LogP contribution in [0.3, 0.4) is 0 Å². The number of piperidine rings is 1. The number of hydrogen-bond acceptors (Lipinski definition) is 3. The molecular formula is C17H23ClN2O3. The van der Waals surface area contributed by atoms with Crippen molar-refractivity contribution in [2.75, 3.05) is 25.0 Å². The van der Waals surface area contributed by atoms with Crippen molar-refractivity contribution in [3.63, 3.8) is 0 Å². The van der Waals surface area contributed by atoms with E-state index in [9.17, 15) is 9.59 Å². The standard InChI is InChI=1S/C17H23ClN2O3/c1-3-23-12(2)16(21)19-15-11-13(18)7-8-14(15)17(22)20-9-5-4-6-10-20/h7-8,11-12H,3-6,9-10H2,1-2H3,(H,19,21)/t12-/m1/s1. The van der Waals surface area contributed by atoms with Crippen LogP contribution in [0, 0.1) is 0 Å². The zero-order chi connectivity index (χ0) is 16.8. The van der Waals surface area contributed by atoms with Crippen LogP contribution in [-0.4, -0.2) is 42.5 Å². The van der Waals surface area contributed by atoms with Crippen molar-refractivity contribution in [3.05, 3.63) is 28.8 Å². The van der Waals surface area contributed by atoms with Crippen LogP contribution in [-0.2, 0) is 9.53 Å². The zero-order valence-electron chi connectivity index (χ0n) is 13.6. The summed E-state index contributed by atoms with van der Waals surface area (Å²) in [5, 5.41) is 3.23. The molecule has 0 radical (unpaired) electrons. The summed E-state index contributed by atoms with van der Waals surface area (Å²) in [6.45, 7) is 5.46. The molecule has 1 aliphatic rings. The number of likely N-dealkylation sites (tertiary alicyclic amines) is 1. The monoisotopic (exact) mass is 338 g/mol. The van der Waals surface area contributed by atoms with Gasteiger partial charge in [0.05, 0.1) is 11.3 Å². The van der Waals surface area contributed by atoms with E-state index in [1.807, 2.05) is 11.8 Å². The van der Waals surface area contributed by atoms with Gasteiger partial charge in [0.15, 0.2) is 0 Å². The van der Waals surface area contributed by atoms with Crippen LogP contribution in [0.5, 0.6) is 0 Å². The fraction of sp³-hybridized carbons (Fsp3) is 0.529. The molecule has 2 amide bonds. The lowest BCUT2D eigenvalue weighted by molar-refractivity contribution is -0.126. The van der Waals surface area contributed by atoms with Crippen molar-refractivity contribution in [2.45, 2.75) is 39.2 Å². The SMILES string of the molecule is CCO[C@H](C)C(=O)Nc1cc(Cl)ccc1C(=O)N1CCCCC1. The highest BCUT2D eigenvalue weighted by molar-refractivity contribution is 6.31. The minimum atomic E-state index is -0.586. The third kappa shape index (κ3) is 4.69. The lowest BCUT2D eigenvalue weighted by Gasteiger charge is -2.27. The fourth-order valence-electron chi connectivity index (χ4n) is 2.63. The van der Waals surface area contributed by atoms with Gasteiger partial charge in [0.1, 0.15) is 6.10 Å². The van der Waals surface area contributed by atoms with Gasteiger partial charge in [-0.05, 0) is 51.3 Å². The van der Waals surface area contributed by atoms with Crippen LogP contribution in [0.25, 0.3) is 0 Å². The molecule has 126 valence electrons. The van der Waals surface area contributed by atoms with Crippen LogP contribution in [0.15, 0.2) is 18.2 Å². The summed E-state index contributed by atoms with van der Waals surface area (Å²) in [6, 6.07) is 4.94. The number of halogens is 1. The van der Waals surface area contributed by atoms with Gasteiger partial charge in [-0.2, -0.15) is 0 Å². The van der Waals surface area contributed by atoms with Crippen LogP contribution in [0.4, 0.5) is 5.69 Å². The largest absolute Gasteiger partial charge is 0.369 e. The Morgan fingerprint density at radius 3 is 2.65 bits per heavy atom. The highest BCUT2D eigenvalue weighted by Gasteiger charge is 2.23. The summed E-state index contributed by atoms with van der Waals surface area (Å²) in [5.74, 6) is -0.359. The number of anilines is 1. The van der Waals surface area contributed by atoms with Crippen LogP contribution in [0.1, 0.15) is 43.5 Å². The van der Waals surface area contributed by atoms with Crippen molar-refractivity contribution in [3.8, 4) is 0 Å². The molecule has 1 aromatic carbocycles. The van der Waals surface area contributed by atoms with Crippen molar-refractivity contribution >= 4 is 29.1 Å². The molecule has 1 N–H and O–H groups in total. The van der Waals surface area contributed by atoms with Gasteiger partial charge in [-0.25, -0.2) is 0 Å². The Kier molecular flexibility index (Phi) is 6.42. The maximum Gasteiger partial charge on any atom is 0.255 e. The number of rotatable bonds is 5. The molecule has 0 aromatic heterocycles. The van der Waals surface area contributed by atoms with Gasteiger partial charge in [0, 0.05) is 24.7 Å². The first kappa shape index (κ1) is 17.8. The number of carbonyl (C=O) groups is 2. The van der Waals surface area contributed by atoms with E-state index in [-0.39, 0.29) is 11.8 Å². The second-order valence-electron chi connectivity index (χ2n) is 5.63. The number of carbonyl (C=O) groups excluding carboxylic acids is 2. The van der Waals surface area contributed by atoms with Crippen LogP contribution in [0.2, 0.25) is 5.02 Å². The highest BCUT2D eigenvalue weighted by atomic mass is 35.5. The zero-order valence-corrected chi connectivity index (χ0v) is 14.4. The number of nitrogens with zero attached hydrogens (tertiary/aromatic N) is 1. The highest BCUT2D eigenvalue weighted by Crippen LogP contribution is 2.24. The van der Waals surface area contributed by atoms with E-state index in [0.717, 1.165) is 32.4 Å². The topological polar surface area (TPSA) is 58.6 Å². The molecule has 0 saturated carbocycles. The first-order chi connectivity index (χ1) is 11.0. The maximum absolute atomic E-state index is 12.7. The summed E-state index contributed by atoms with van der Waals surface area (Å²) in [6.07, 6.45) is 2.60. The number of nitrogens with one attached hydrogen (secondary N) is 1. The first-order valence-electron chi connectivity index (χ1n) is 8.04. The smallest absolute Gasteiger partial charge is 0.255 e. The summed E-state index contributed by atoms with van der Waals surface area (Å²) >= 11 is 6.02. The Hall–Kier alpha value is -1.59. The summed E-state index contributed by atoms with van der Waals surface area (Å²) < 4.78 is 5.28. The second kappa shape index (κ2) is 8.31. The summed E-state index contributed by atoms with van der Waals surface area (Å²) in [5.41, 5.74) is 0.901. The minimum Gasteiger partial charge on any atom is -0.369 e. The van der Waals surface area contributed by atoms with E-state index in [1.54, 1.807) is 25.1 Å². The van der Waals surface area contributed by atoms with Crippen molar-refractivity contribution in [1.29, 1.82) is 0 Å². The average molecular weight is 339 g/mol. The Bertz CT molecular complexity index is 571. The van der Waals surface area contributed by atoms with Gasteiger partial charge in [0.2, 0.25) is 0 Å². The minimum absolute atomic E-state index is 0.0688. The molecule has 1 atom stereocenters. The fourth-order valence-corrected chi connectivity index (χ4v) is 2.81. The third-order valence-electron chi connectivity index (χ3n) is 3.90. The third-order valence-corrected chi connectivity index (χ3v) is 4.13. The predicted molar refractivity (Wildman–Crippen MR) is 90.9 cm³/mol. The van der Waals surface area contributed by atoms with Gasteiger partial charge in [-0.3, -0.25) is 9.59 Å². The quantitative estimate of drug-likeness (QED) is 0.895. The molecule has 6 heteroatoms. The Labute approximate surface area is 141 Å². The van der Waals surface area contributed by atoms with Crippen LogP contribution < -0.4 is 5.32 Å². The van der Waals surface area contributed by atoms with Crippen molar-refractivity contribution < 1.29 is 14.3 Å². The van der Waals surface area contributed by atoms with E-state index >= 15 is 0 Å². The molecule has 1 heterocycles. The molecule has 0 spiro atoms. The Morgan fingerprint density at radius 2 is 2.00 bits per heavy atom. The number of benzene rings is 1. The molecule has 0 bridgehead atoms. The van der Waals surface area contributed by atoms with Gasteiger partial charge >= 0.3 is 0 Å². The molecule has 23 heavy (non-hydrogen) atoms. The molecule has 2 rings (SSSR count). The van der Waals surface area contributed by atoms with E-state index in [0.29, 0.717) is 22.9 Å². The van der Waals surface area contributed by atoms with Gasteiger partial charge in [-0.15, -0.1) is 0 Å². The molecule has 0 aliphatic carbocycles. The van der Waals surface area contributed by atoms with Gasteiger partial charge in [0.25, 0.3) is 11.8 Å². The summed E-state index contributed by atoms with van der Waals surface area (Å²) in [7, 11) is 0. The lowest BCUT2D eigenvalue weighted by Crippen LogP contribution is -2.36. The molecule has 5 nitrogen and oxygen atoms in total. The molecule has 0 unspecified atom stereocenters. The first-order valence-corrected chi connectivity index (χ1v) is 8.42. The Morgan fingerprint density at radius 1 is 1.30 bits per heavy atom. The maximum atomic E-state index is 12.7. The second-order valence-corrected chi connectivity index (χ2v) is 6.07. The molecule has 1 aliphatic heterocycles. The van der Waals surface area contributed by atoms with Gasteiger partial charge < -0.3 is 15.0 Å². The number of amides is 2. The van der Waals surface area contributed by atoms with Gasteiger partial charge in [-0.1, -0.05) is 11.6 Å². The molecule has 1 saturated heterocycles. The lowest BCUT2D eigenvalue weighted by atomic mass is 10.1. The predicted octanol–water partition coefficient (Wildman–Crippen LogP) is 3.33. The van der Waals surface area contributed by atoms with E-state index in [4.69, 9.17) is 16.3 Å². The molecule has 1 aromatic rings.